The van der Waals surface area contributed by atoms with Crippen LogP contribution < -0.4 is 5.32 Å². The van der Waals surface area contributed by atoms with Gasteiger partial charge in [-0.2, -0.15) is 5.10 Å². The minimum absolute atomic E-state index is 0.0663. The first kappa shape index (κ1) is 18.1. The molecule has 1 N–H and O–H groups in total. The third-order valence-electron chi connectivity index (χ3n) is 4.24. The van der Waals surface area contributed by atoms with Gasteiger partial charge in [0.25, 0.3) is 5.91 Å². The van der Waals surface area contributed by atoms with Crippen molar-refractivity contribution in [3.63, 3.8) is 0 Å². The number of aromatic nitrogens is 2. The number of benzene rings is 1. The van der Waals surface area contributed by atoms with Crippen molar-refractivity contribution < 1.29 is 19.1 Å². The van der Waals surface area contributed by atoms with Gasteiger partial charge in [-0.25, -0.2) is 9.48 Å². The predicted molar refractivity (Wildman–Crippen MR) is 95.3 cm³/mol. The lowest BCUT2D eigenvalue weighted by Crippen LogP contribution is -2.34. The second-order valence-electron chi connectivity index (χ2n) is 6.40. The zero-order chi connectivity index (χ0) is 18.5. The van der Waals surface area contributed by atoms with Crippen molar-refractivity contribution in [2.24, 2.45) is 0 Å². The average molecular weight is 357 g/mol. The van der Waals surface area contributed by atoms with Crippen LogP contribution in [0.3, 0.4) is 0 Å². The molecule has 7 heteroatoms. The molecule has 1 atom stereocenters. The van der Waals surface area contributed by atoms with Crippen molar-refractivity contribution in [1.29, 1.82) is 0 Å². The summed E-state index contributed by atoms with van der Waals surface area (Å²) in [4.78, 5) is 23.8. The molecule has 1 aromatic heterocycles. The topological polar surface area (TPSA) is 82.5 Å². The van der Waals surface area contributed by atoms with E-state index in [2.05, 4.69) is 10.4 Å². The number of ether oxygens (including phenoxy) is 2. The molecule has 0 radical (unpaired) electrons. The Morgan fingerprint density at radius 3 is 2.69 bits per heavy atom. The fourth-order valence-corrected chi connectivity index (χ4v) is 2.93. The van der Waals surface area contributed by atoms with Crippen LogP contribution in [0, 0.1) is 13.8 Å². The quantitative estimate of drug-likeness (QED) is 0.799. The molecule has 2 aromatic rings. The lowest BCUT2D eigenvalue weighted by Gasteiger charge is -2.11. The normalized spacial score (nSPS) is 16.5. The Morgan fingerprint density at radius 1 is 1.31 bits per heavy atom. The molecule has 1 aliphatic heterocycles. The van der Waals surface area contributed by atoms with E-state index in [0.717, 1.165) is 36.5 Å². The summed E-state index contributed by atoms with van der Waals surface area (Å²) < 4.78 is 12.3. The van der Waals surface area contributed by atoms with Crippen LogP contribution in [-0.2, 0) is 14.3 Å². The molecular formula is C19H23N3O4. The molecule has 26 heavy (non-hydrogen) atoms. The van der Waals surface area contributed by atoms with Gasteiger partial charge in [0, 0.05) is 18.8 Å². The minimum atomic E-state index is -0.530. The molecule has 1 amide bonds. The number of amides is 1. The Balaban J connectivity index is 1.50. The predicted octanol–water partition coefficient (Wildman–Crippen LogP) is 1.94. The number of nitrogens with one attached hydrogen (secondary N) is 1. The van der Waals surface area contributed by atoms with Gasteiger partial charge in [0.05, 0.1) is 23.0 Å². The maximum Gasteiger partial charge on any atom is 0.338 e. The molecular weight excluding hydrogens is 334 g/mol. The second-order valence-corrected chi connectivity index (χ2v) is 6.40. The van der Waals surface area contributed by atoms with Crippen LogP contribution >= 0.6 is 0 Å². The maximum absolute atomic E-state index is 12.1. The molecule has 1 saturated heterocycles. The lowest BCUT2D eigenvalue weighted by molar-refractivity contribution is -0.124. The van der Waals surface area contributed by atoms with Crippen molar-refractivity contribution in [1.82, 2.24) is 15.1 Å². The van der Waals surface area contributed by atoms with Crippen molar-refractivity contribution in [2.75, 3.05) is 19.8 Å². The van der Waals surface area contributed by atoms with Crippen LogP contribution in [0.5, 0.6) is 0 Å². The standard InChI is InChI=1S/C19H23N3O4/c1-13-10-14(2)22(21-13)16-7-5-15(6-8-16)19(24)26-12-18(23)20-11-17-4-3-9-25-17/h5-8,10,17H,3-4,9,11-12H2,1-2H3,(H,20,23). The van der Waals surface area contributed by atoms with Crippen LogP contribution in [0.25, 0.3) is 5.69 Å². The zero-order valence-corrected chi connectivity index (χ0v) is 15.0. The minimum Gasteiger partial charge on any atom is -0.452 e. The Bertz CT molecular complexity index is 777. The summed E-state index contributed by atoms with van der Waals surface area (Å²) in [6.07, 6.45) is 2.03. The molecule has 7 nitrogen and oxygen atoms in total. The molecule has 0 aliphatic carbocycles. The van der Waals surface area contributed by atoms with Gasteiger partial charge < -0.3 is 14.8 Å². The molecule has 3 rings (SSSR count). The highest BCUT2D eigenvalue weighted by Gasteiger charge is 2.17. The summed E-state index contributed by atoms with van der Waals surface area (Å²) in [5.41, 5.74) is 3.20. The maximum atomic E-state index is 12.1. The van der Waals surface area contributed by atoms with Crippen LogP contribution in [-0.4, -0.2) is 47.5 Å². The molecule has 1 aliphatic rings. The Labute approximate surface area is 152 Å². The zero-order valence-electron chi connectivity index (χ0n) is 15.0. The Morgan fingerprint density at radius 2 is 2.08 bits per heavy atom. The highest BCUT2D eigenvalue weighted by molar-refractivity contribution is 5.91. The van der Waals surface area contributed by atoms with Crippen LogP contribution in [0.1, 0.15) is 34.6 Å². The van der Waals surface area contributed by atoms with Crippen LogP contribution in [0.15, 0.2) is 30.3 Å². The summed E-state index contributed by atoms with van der Waals surface area (Å²) in [6, 6.07) is 8.91. The molecule has 2 heterocycles. The van der Waals surface area contributed by atoms with E-state index >= 15 is 0 Å². The van der Waals surface area contributed by atoms with Crippen molar-refractivity contribution in [3.05, 3.63) is 47.3 Å². The van der Waals surface area contributed by atoms with Crippen LogP contribution in [0.2, 0.25) is 0 Å². The monoisotopic (exact) mass is 357 g/mol. The van der Waals surface area contributed by atoms with Crippen molar-refractivity contribution >= 4 is 11.9 Å². The fraction of sp³-hybridized carbons (Fsp3) is 0.421. The number of aryl methyl sites for hydroxylation is 2. The smallest absolute Gasteiger partial charge is 0.338 e. The Hall–Kier alpha value is -2.67. The highest BCUT2D eigenvalue weighted by atomic mass is 16.5. The van der Waals surface area contributed by atoms with Crippen LogP contribution in [0.4, 0.5) is 0 Å². The fourth-order valence-electron chi connectivity index (χ4n) is 2.93. The first-order valence-corrected chi connectivity index (χ1v) is 8.72. The van der Waals surface area contributed by atoms with E-state index in [4.69, 9.17) is 9.47 Å². The molecule has 0 saturated carbocycles. The number of rotatable bonds is 6. The summed E-state index contributed by atoms with van der Waals surface area (Å²) in [7, 11) is 0. The summed E-state index contributed by atoms with van der Waals surface area (Å²) in [5.74, 6) is -0.856. The Kier molecular flexibility index (Phi) is 5.68. The molecule has 1 aromatic carbocycles. The summed E-state index contributed by atoms with van der Waals surface area (Å²) >= 11 is 0. The molecule has 0 spiro atoms. The SMILES string of the molecule is Cc1cc(C)n(-c2ccc(C(=O)OCC(=O)NCC3CCCO3)cc2)n1. The number of carbonyl (C=O) groups is 2. The number of esters is 1. The van der Waals surface area contributed by atoms with E-state index in [-0.39, 0.29) is 18.6 Å². The lowest BCUT2D eigenvalue weighted by atomic mass is 10.2. The summed E-state index contributed by atoms with van der Waals surface area (Å²) in [6.45, 7) is 4.79. The third kappa shape index (κ3) is 4.49. The first-order chi connectivity index (χ1) is 12.5. The van der Waals surface area contributed by atoms with Gasteiger partial charge in [0.1, 0.15) is 0 Å². The van der Waals surface area contributed by atoms with Gasteiger partial charge >= 0.3 is 5.97 Å². The number of hydrogen-bond acceptors (Lipinski definition) is 5. The van der Waals surface area contributed by atoms with Gasteiger partial charge in [-0.3, -0.25) is 4.79 Å². The molecule has 1 unspecified atom stereocenters. The number of carbonyl (C=O) groups excluding carboxylic acids is 2. The molecule has 1 fully saturated rings. The summed E-state index contributed by atoms with van der Waals surface area (Å²) in [5, 5.41) is 7.12. The third-order valence-corrected chi connectivity index (χ3v) is 4.24. The van der Waals surface area contributed by atoms with E-state index < -0.39 is 5.97 Å². The van der Waals surface area contributed by atoms with Gasteiger partial charge in [-0.1, -0.05) is 0 Å². The van der Waals surface area contributed by atoms with Gasteiger partial charge in [-0.15, -0.1) is 0 Å². The van der Waals surface area contributed by atoms with E-state index in [1.807, 2.05) is 24.6 Å². The van der Waals surface area contributed by atoms with Gasteiger partial charge in [0.2, 0.25) is 0 Å². The number of hydrogen-bond donors (Lipinski definition) is 1. The van der Waals surface area contributed by atoms with E-state index in [1.54, 1.807) is 24.3 Å². The van der Waals surface area contributed by atoms with Gasteiger partial charge in [0.15, 0.2) is 6.61 Å². The first-order valence-electron chi connectivity index (χ1n) is 8.72. The van der Waals surface area contributed by atoms with Crippen molar-refractivity contribution in [3.8, 4) is 5.69 Å². The van der Waals surface area contributed by atoms with E-state index in [9.17, 15) is 9.59 Å². The van der Waals surface area contributed by atoms with E-state index in [1.165, 1.54) is 0 Å². The highest BCUT2D eigenvalue weighted by Crippen LogP contribution is 2.14. The van der Waals surface area contributed by atoms with Gasteiger partial charge in [-0.05, 0) is 57.0 Å². The molecule has 138 valence electrons. The largest absolute Gasteiger partial charge is 0.452 e. The average Bonchev–Trinajstić information content (AvgIpc) is 3.27. The molecule has 0 bridgehead atoms. The van der Waals surface area contributed by atoms with E-state index in [0.29, 0.717) is 12.1 Å². The number of nitrogens with zero attached hydrogens (tertiary/aromatic N) is 2. The second kappa shape index (κ2) is 8.14. The van der Waals surface area contributed by atoms with Crippen molar-refractivity contribution in [2.45, 2.75) is 32.8 Å².